The molecule has 0 aliphatic heterocycles. The summed E-state index contributed by atoms with van der Waals surface area (Å²) in [6.07, 6.45) is 4.89. The lowest BCUT2D eigenvalue weighted by molar-refractivity contribution is 0.101. The number of hydrogen-bond acceptors (Lipinski definition) is 7. The molecule has 9 heteroatoms. The molecule has 0 aliphatic carbocycles. The standard InChI is InChI=1S/C32H31N5O4/c1-20-27(30(38)36-24-6-8-26(9-7-24)41-19-21-10-12-34-13-11-21)16-25(18-35-20)37-31(39)28-15-23(32(2,3)4)14-22(17-33)29(28)40-5/h6-16,18H,19H2,1-5H3,(H,36,38)(H,37,39). The number of nitriles is 1. The van der Waals surface area contributed by atoms with Crippen LogP contribution in [0.3, 0.4) is 0 Å². The van der Waals surface area contributed by atoms with E-state index in [2.05, 4.69) is 26.7 Å². The molecule has 208 valence electrons. The molecule has 0 aliphatic rings. The minimum atomic E-state index is -0.483. The lowest BCUT2D eigenvalue weighted by atomic mass is 9.84. The first-order valence-electron chi connectivity index (χ1n) is 12.9. The van der Waals surface area contributed by atoms with Crippen LogP contribution in [-0.2, 0) is 12.0 Å². The van der Waals surface area contributed by atoms with E-state index in [9.17, 15) is 14.9 Å². The maximum absolute atomic E-state index is 13.3. The maximum atomic E-state index is 13.3. The van der Waals surface area contributed by atoms with E-state index in [-0.39, 0.29) is 28.2 Å². The number of hydrogen-bond donors (Lipinski definition) is 2. The van der Waals surface area contributed by atoms with Crippen molar-refractivity contribution in [2.24, 2.45) is 0 Å². The van der Waals surface area contributed by atoms with E-state index in [1.807, 2.05) is 32.9 Å². The van der Waals surface area contributed by atoms with Crippen molar-refractivity contribution < 1.29 is 19.1 Å². The second kappa shape index (κ2) is 12.3. The summed E-state index contributed by atoms with van der Waals surface area (Å²) in [6.45, 7) is 8.11. The van der Waals surface area contributed by atoms with E-state index >= 15 is 0 Å². The van der Waals surface area contributed by atoms with Crippen LogP contribution in [0.4, 0.5) is 11.4 Å². The molecule has 2 aromatic carbocycles. The predicted molar refractivity (Wildman–Crippen MR) is 156 cm³/mol. The Morgan fingerprint density at radius 3 is 2.22 bits per heavy atom. The van der Waals surface area contributed by atoms with Gasteiger partial charge in [0.15, 0.2) is 0 Å². The summed E-state index contributed by atoms with van der Waals surface area (Å²) in [6, 6.07) is 17.9. The van der Waals surface area contributed by atoms with E-state index in [4.69, 9.17) is 9.47 Å². The summed E-state index contributed by atoms with van der Waals surface area (Å²) in [4.78, 5) is 34.7. The summed E-state index contributed by atoms with van der Waals surface area (Å²) in [7, 11) is 1.42. The first-order chi connectivity index (χ1) is 19.6. The molecule has 0 saturated carbocycles. The van der Waals surface area contributed by atoms with Crippen LogP contribution in [0.5, 0.6) is 11.5 Å². The highest BCUT2D eigenvalue weighted by Gasteiger charge is 2.23. The van der Waals surface area contributed by atoms with Crippen molar-refractivity contribution in [2.75, 3.05) is 17.7 Å². The molecule has 0 radical (unpaired) electrons. The molecule has 9 nitrogen and oxygen atoms in total. The number of anilines is 2. The molecule has 2 N–H and O–H groups in total. The van der Waals surface area contributed by atoms with Crippen molar-refractivity contribution in [3.8, 4) is 17.6 Å². The number of amides is 2. The molecule has 4 aromatic rings. The van der Waals surface area contributed by atoms with Crippen molar-refractivity contribution in [3.05, 3.63) is 107 Å². The van der Waals surface area contributed by atoms with Gasteiger partial charge in [0, 0.05) is 18.1 Å². The van der Waals surface area contributed by atoms with E-state index in [1.165, 1.54) is 13.3 Å². The quantitative estimate of drug-likeness (QED) is 0.274. The number of ether oxygens (including phenoxy) is 2. The molecular weight excluding hydrogens is 518 g/mol. The number of rotatable bonds is 8. The van der Waals surface area contributed by atoms with Crippen LogP contribution in [0.2, 0.25) is 0 Å². The average molecular weight is 550 g/mol. The summed E-state index contributed by atoms with van der Waals surface area (Å²) in [5, 5.41) is 15.3. The van der Waals surface area contributed by atoms with E-state index < -0.39 is 5.91 Å². The number of methoxy groups -OCH3 is 1. The Kier molecular flexibility index (Phi) is 8.63. The molecule has 4 rings (SSSR count). The van der Waals surface area contributed by atoms with Crippen LogP contribution in [0.25, 0.3) is 0 Å². The average Bonchev–Trinajstić information content (AvgIpc) is 2.96. The zero-order chi connectivity index (χ0) is 29.6. The SMILES string of the molecule is COc1c(C#N)cc(C(C)(C)C)cc1C(=O)Nc1cnc(C)c(C(=O)Nc2ccc(OCc3ccncc3)cc2)c1. The van der Waals surface area contributed by atoms with Crippen LogP contribution in [-0.4, -0.2) is 28.9 Å². The first kappa shape index (κ1) is 28.8. The number of pyridine rings is 2. The number of aromatic nitrogens is 2. The van der Waals surface area contributed by atoms with Crippen LogP contribution in [0.1, 0.15) is 63.9 Å². The Balaban J connectivity index is 1.49. The molecule has 41 heavy (non-hydrogen) atoms. The van der Waals surface area contributed by atoms with Crippen LogP contribution in [0, 0.1) is 18.3 Å². The zero-order valence-electron chi connectivity index (χ0n) is 23.6. The fraction of sp³-hybridized carbons (Fsp3) is 0.219. The second-order valence-electron chi connectivity index (χ2n) is 10.4. The highest BCUT2D eigenvalue weighted by atomic mass is 16.5. The minimum Gasteiger partial charge on any atom is -0.495 e. The van der Waals surface area contributed by atoms with Gasteiger partial charge in [0.2, 0.25) is 0 Å². The fourth-order valence-corrected chi connectivity index (χ4v) is 4.04. The first-order valence-corrected chi connectivity index (χ1v) is 12.9. The third-order valence-corrected chi connectivity index (χ3v) is 6.38. The van der Waals surface area contributed by atoms with Gasteiger partial charge in [-0.25, -0.2) is 0 Å². The normalized spacial score (nSPS) is 10.8. The van der Waals surface area contributed by atoms with E-state index in [0.717, 1.165) is 11.1 Å². The smallest absolute Gasteiger partial charge is 0.259 e. The van der Waals surface area contributed by atoms with Crippen LogP contribution < -0.4 is 20.1 Å². The summed E-state index contributed by atoms with van der Waals surface area (Å²) < 4.78 is 11.2. The molecule has 0 saturated heterocycles. The topological polar surface area (TPSA) is 126 Å². The molecule has 0 fully saturated rings. The van der Waals surface area contributed by atoms with Gasteiger partial charge in [-0.15, -0.1) is 0 Å². The third-order valence-electron chi connectivity index (χ3n) is 6.38. The predicted octanol–water partition coefficient (Wildman–Crippen LogP) is 6.05. The molecule has 0 atom stereocenters. The van der Waals surface area contributed by atoms with E-state index in [1.54, 1.807) is 61.8 Å². The summed E-state index contributed by atoms with van der Waals surface area (Å²) in [5.74, 6) is -0.0171. The molecule has 0 spiro atoms. The van der Waals surface area contributed by atoms with Gasteiger partial charge in [-0.2, -0.15) is 5.26 Å². The summed E-state index contributed by atoms with van der Waals surface area (Å²) >= 11 is 0. The lowest BCUT2D eigenvalue weighted by Crippen LogP contribution is -2.19. The zero-order valence-corrected chi connectivity index (χ0v) is 23.6. The molecular formula is C32H31N5O4. The van der Waals surface area contributed by atoms with Crippen molar-refractivity contribution in [1.29, 1.82) is 5.26 Å². The largest absolute Gasteiger partial charge is 0.495 e. The van der Waals surface area contributed by atoms with Crippen LogP contribution >= 0.6 is 0 Å². The summed E-state index contributed by atoms with van der Waals surface area (Å²) in [5.41, 5.74) is 3.70. The highest BCUT2D eigenvalue weighted by Crippen LogP contribution is 2.32. The van der Waals surface area contributed by atoms with Crippen molar-refractivity contribution in [2.45, 2.75) is 39.7 Å². The molecule has 2 amide bonds. The lowest BCUT2D eigenvalue weighted by Gasteiger charge is -2.22. The molecule has 2 aromatic heterocycles. The third kappa shape index (κ3) is 7.05. The number of nitrogens with one attached hydrogen (secondary N) is 2. The van der Waals surface area contributed by atoms with Gasteiger partial charge < -0.3 is 20.1 Å². The van der Waals surface area contributed by atoms with Gasteiger partial charge in [-0.3, -0.25) is 19.6 Å². The Morgan fingerprint density at radius 2 is 1.59 bits per heavy atom. The highest BCUT2D eigenvalue weighted by molar-refractivity contribution is 6.09. The number of carbonyl (C=O) groups excluding carboxylic acids is 2. The second-order valence-corrected chi connectivity index (χ2v) is 10.4. The number of carbonyl (C=O) groups is 2. The molecule has 0 bridgehead atoms. The monoisotopic (exact) mass is 549 g/mol. The number of nitrogens with zero attached hydrogens (tertiary/aromatic N) is 3. The fourth-order valence-electron chi connectivity index (χ4n) is 4.04. The Labute approximate surface area is 239 Å². The minimum absolute atomic E-state index is 0.184. The van der Waals surface area contributed by atoms with Gasteiger partial charge in [-0.1, -0.05) is 20.8 Å². The van der Waals surface area contributed by atoms with Crippen LogP contribution in [0.15, 0.2) is 73.2 Å². The van der Waals surface area contributed by atoms with Crippen molar-refractivity contribution in [1.82, 2.24) is 9.97 Å². The van der Waals surface area contributed by atoms with Gasteiger partial charge in [0.05, 0.1) is 41.4 Å². The van der Waals surface area contributed by atoms with Gasteiger partial charge in [0.1, 0.15) is 24.2 Å². The molecule has 0 unspecified atom stereocenters. The van der Waals surface area contributed by atoms with Gasteiger partial charge in [-0.05, 0) is 78.1 Å². The Bertz CT molecular complexity index is 1600. The van der Waals surface area contributed by atoms with Gasteiger partial charge >= 0.3 is 0 Å². The Morgan fingerprint density at radius 1 is 0.927 bits per heavy atom. The Hall–Kier alpha value is -5.23. The van der Waals surface area contributed by atoms with Crippen molar-refractivity contribution >= 4 is 23.2 Å². The van der Waals surface area contributed by atoms with Gasteiger partial charge in [0.25, 0.3) is 11.8 Å². The molecule has 2 heterocycles. The van der Waals surface area contributed by atoms with Crippen molar-refractivity contribution in [3.63, 3.8) is 0 Å². The number of aryl methyl sites for hydroxylation is 1. The van der Waals surface area contributed by atoms with E-state index in [0.29, 0.717) is 35.0 Å². The number of benzene rings is 2. The maximum Gasteiger partial charge on any atom is 0.259 e.